The lowest BCUT2D eigenvalue weighted by molar-refractivity contribution is 0.0953. The molecule has 4 rings (SSSR count). The molecular weight excluding hydrogens is 387 g/mol. The van der Waals surface area contributed by atoms with Gasteiger partial charge in [-0.2, -0.15) is 5.10 Å². The van der Waals surface area contributed by atoms with E-state index in [0.29, 0.717) is 41.0 Å². The summed E-state index contributed by atoms with van der Waals surface area (Å²) in [6.07, 6.45) is 5.10. The number of amides is 2. The fourth-order valence-electron chi connectivity index (χ4n) is 3.42. The van der Waals surface area contributed by atoms with E-state index in [1.165, 1.54) is 18.3 Å². The van der Waals surface area contributed by atoms with E-state index in [9.17, 15) is 14.0 Å². The highest BCUT2D eigenvalue weighted by atomic mass is 19.1. The summed E-state index contributed by atoms with van der Waals surface area (Å²) in [5.74, 6) is -0.699. The summed E-state index contributed by atoms with van der Waals surface area (Å²) in [4.78, 5) is 28.8. The van der Waals surface area contributed by atoms with E-state index < -0.39 is 11.7 Å². The van der Waals surface area contributed by atoms with Crippen LogP contribution < -0.4 is 10.7 Å². The van der Waals surface area contributed by atoms with Gasteiger partial charge in [-0.3, -0.25) is 14.6 Å². The quantitative estimate of drug-likeness (QED) is 0.644. The molecule has 2 heterocycles. The molecule has 1 aliphatic rings. The fourth-order valence-corrected chi connectivity index (χ4v) is 3.42. The van der Waals surface area contributed by atoms with Crippen molar-refractivity contribution in [3.8, 4) is 0 Å². The SMILES string of the molecule is Cc1c(C(=O)Nc2ccccc2F)oc2c1/C(=N/NC(=O)c1cccnc1)CCC2. The maximum absolute atomic E-state index is 13.9. The minimum Gasteiger partial charge on any atom is -0.455 e. The molecule has 0 atom stereocenters. The number of furan rings is 1. The Kier molecular flexibility index (Phi) is 5.38. The van der Waals surface area contributed by atoms with Gasteiger partial charge >= 0.3 is 0 Å². The van der Waals surface area contributed by atoms with Gasteiger partial charge < -0.3 is 9.73 Å². The number of aryl methyl sites for hydroxylation is 1. The van der Waals surface area contributed by atoms with Gasteiger partial charge in [0.25, 0.3) is 11.8 Å². The second-order valence-electron chi connectivity index (χ2n) is 6.88. The number of hydrogen-bond donors (Lipinski definition) is 2. The summed E-state index contributed by atoms with van der Waals surface area (Å²) in [5, 5.41) is 6.81. The van der Waals surface area contributed by atoms with E-state index in [-0.39, 0.29) is 17.4 Å². The summed E-state index contributed by atoms with van der Waals surface area (Å²) in [6, 6.07) is 9.24. The first-order chi connectivity index (χ1) is 14.5. The molecule has 2 aromatic heterocycles. The average molecular weight is 406 g/mol. The zero-order valence-electron chi connectivity index (χ0n) is 16.2. The smallest absolute Gasteiger partial charge is 0.291 e. The second kappa shape index (κ2) is 8.28. The molecule has 0 aliphatic heterocycles. The molecule has 2 N–H and O–H groups in total. The molecule has 3 aromatic rings. The summed E-state index contributed by atoms with van der Waals surface area (Å²) < 4.78 is 19.7. The maximum Gasteiger partial charge on any atom is 0.291 e. The highest BCUT2D eigenvalue weighted by molar-refractivity contribution is 6.09. The van der Waals surface area contributed by atoms with Gasteiger partial charge in [0.1, 0.15) is 11.6 Å². The molecule has 2 amide bonds. The van der Waals surface area contributed by atoms with E-state index in [1.807, 2.05) is 0 Å². The predicted octanol–water partition coefficient (Wildman–Crippen LogP) is 3.84. The number of nitrogens with one attached hydrogen (secondary N) is 2. The van der Waals surface area contributed by atoms with Crippen molar-refractivity contribution in [1.82, 2.24) is 10.4 Å². The zero-order chi connectivity index (χ0) is 21.1. The molecule has 0 saturated heterocycles. The fraction of sp³-hybridized carbons (Fsp3) is 0.182. The predicted molar refractivity (Wildman–Crippen MR) is 109 cm³/mol. The Morgan fingerprint density at radius 3 is 2.73 bits per heavy atom. The van der Waals surface area contributed by atoms with Gasteiger partial charge in [0, 0.05) is 29.9 Å². The van der Waals surface area contributed by atoms with Gasteiger partial charge in [0.05, 0.1) is 17.0 Å². The Balaban J connectivity index is 1.58. The lowest BCUT2D eigenvalue weighted by Gasteiger charge is -2.13. The molecule has 1 aromatic carbocycles. The van der Waals surface area contributed by atoms with Gasteiger partial charge in [-0.1, -0.05) is 12.1 Å². The number of hydrazone groups is 1. The second-order valence-corrected chi connectivity index (χ2v) is 6.88. The lowest BCUT2D eigenvalue weighted by atomic mass is 9.93. The standard InChI is InChI=1S/C22H19FN4O3/c1-13-19-17(26-27-21(28)14-6-5-11-24-12-14)9-4-10-18(19)30-20(13)22(29)25-16-8-3-2-7-15(16)23/h2-3,5-8,11-12H,4,9-10H2,1H3,(H,25,29)(H,27,28)/b26-17+. The normalized spacial score (nSPS) is 14.3. The van der Waals surface area contributed by atoms with Crippen molar-refractivity contribution in [2.24, 2.45) is 5.10 Å². The van der Waals surface area contributed by atoms with Crippen LogP contribution in [-0.2, 0) is 6.42 Å². The number of para-hydroxylation sites is 1. The van der Waals surface area contributed by atoms with Crippen LogP contribution in [0.25, 0.3) is 0 Å². The number of halogens is 1. The largest absolute Gasteiger partial charge is 0.455 e. The Morgan fingerprint density at radius 1 is 1.13 bits per heavy atom. The number of fused-ring (bicyclic) bond motifs is 1. The number of carbonyl (C=O) groups excluding carboxylic acids is 2. The Bertz CT molecular complexity index is 1140. The van der Waals surface area contributed by atoms with Crippen LogP contribution in [0.2, 0.25) is 0 Å². The monoisotopic (exact) mass is 406 g/mol. The molecule has 30 heavy (non-hydrogen) atoms. The number of nitrogens with zero attached hydrogens (tertiary/aromatic N) is 2. The Labute approximate surface area is 172 Å². The maximum atomic E-state index is 13.9. The third-order valence-corrected chi connectivity index (χ3v) is 4.87. The van der Waals surface area contributed by atoms with Gasteiger partial charge in [-0.25, -0.2) is 9.82 Å². The minimum atomic E-state index is -0.536. The van der Waals surface area contributed by atoms with Gasteiger partial charge in [-0.05, 0) is 44.0 Å². The van der Waals surface area contributed by atoms with Crippen LogP contribution >= 0.6 is 0 Å². The molecule has 0 bridgehead atoms. The third-order valence-electron chi connectivity index (χ3n) is 4.87. The minimum absolute atomic E-state index is 0.0777. The molecule has 1 aliphatic carbocycles. The van der Waals surface area contributed by atoms with E-state index in [2.05, 4.69) is 20.8 Å². The Morgan fingerprint density at radius 2 is 1.97 bits per heavy atom. The zero-order valence-corrected chi connectivity index (χ0v) is 16.2. The summed E-state index contributed by atoms with van der Waals surface area (Å²) in [5.41, 5.74) is 4.97. The van der Waals surface area contributed by atoms with Crippen LogP contribution in [0.3, 0.4) is 0 Å². The molecule has 0 spiro atoms. The molecule has 7 nitrogen and oxygen atoms in total. The first-order valence-corrected chi connectivity index (χ1v) is 9.50. The van der Waals surface area contributed by atoms with E-state index in [0.717, 1.165) is 6.42 Å². The number of pyridine rings is 1. The van der Waals surface area contributed by atoms with E-state index >= 15 is 0 Å². The molecule has 0 saturated carbocycles. The van der Waals surface area contributed by atoms with Crippen molar-refractivity contribution in [3.63, 3.8) is 0 Å². The number of rotatable bonds is 4. The number of anilines is 1. The number of carbonyl (C=O) groups is 2. The summed E-state index contributed by atoms with van der Waals surface area (Å²) >= 11 is 0. The van der Waals surface area contributed by atoms with Crippen LogP contribution in [0.15, 0.2) is 58.3 Å². The average Bonchev–Trinajstić information content (AvgIpc) is 3.11. The van der Waals surface area contributed by atoms with Crippen molar-refractivity contribution in [1.29, 1.82) is 0 Å². The van der Waals surface area contributed by atoms with E-state index in [4.69, 9.17) is 4.42 Å². The third kappa shape index (κ3) is 3.84. The van der Waals surface area contributed by atoms with E-state index in [1.54, 1.807) is 37.4 Å². The van der Waals surface area contributed by atoms with Gasteiger partial charge in [-0.15, -0.1) is 0 Å². The summed E-state index contributed by atoms with van der Waals surface area (Å²) in [6.45, 7) is 1.75. The topological polar surface area (TPSA) is 96.6 Å². The van der Waals surface area contributed by atoms with Gasteiger partial charge in [0.2, 0.25) is 0 Å². The van der Waals surface area contributed by atoms with Gasteiger partial charge in [0.15, 0.2) is 5.76 Å². The highest BCUT2D eigenvalue weighted by Gasteiger charge is 2.28. The summed E-state index contributed by atoms with van der Waals surface area (Å²) in [7, 11) is 0. The molecule has 152 valence electrons. The Hall–Kier alpha value is -3.81. The molecular formula is C22H19FN4O3. The van der Waals surface area contributed by atoms with Crippen LogP contribution in [0.1, 0.15) is 50.6 Å². The van der Waals surface area contributed by atoms with Crippen LogP contribution in [0.4, 0.5) is 10.1 Å². The molecule has 0 fully saturated rings. The van der Waals surface area contributed by atoms with Crippen molar-refractivity contribution in [2.45, 2.75) is 26.2 Å². The van der Waals surface area contributed by atoms with Crippen LogP contribution in [0.5, 0.6) is 0 Å². The highest BCUT2D eigenvalue weighted by Crippen LogP contribution is 2.30. The molecule has 0 radical (unpaired) electrons. The number of aromatic nitrogens is 1. The number of benzene rings is 1. The van der Waals surface area contributed by atoms with Crippen molar-refractivity contribution < 1.29 is 18.4 Å². The molecule has 0 unspecified atom stereocenters. The first-order valence-electron chi connectivity index (χ1n) is 9.50. The first kappa shape index (κ1) is 19.5. The molecule has 8 heteroatoms. The van der Waals surface area contributed by atoms with Crippen molar-refractivity contribution >= 4 is 23.2 Å². The van der Waals surface area contributed by atoms with Crippen LogP contribution in [0, 0.1) is 12.7 Å². The van der Waals surface area contributed by atoms with Crippen molar-refractivity contribution in [2.75, 3.05) is 5.32 Å². The lowest BCUT2D eigenvalue weighted by Crippen LogP contribution is -2.22. The number of hydrogen-bond acceptors (Lipinski definition) is 5. The van der Waals surface area contributed by atoms with Crippen molar-refractivity contribution in [3.05, 3.63) is 82.8 Å². The van der Waals surface area contributed by atoms with Crippen LogP contribution in [-0.4, -0.2) is 22.5 Å².